The largest absolute Gasteiger partial charge is 0.355 e. The van der Waals surface area contributed by atoms with E-state index in [-0.39, 0.29) is 17.5 Å². The molecule has 128 valence electrons. The van der Waals surface area contributed by atoms with Gasteiger partial charge in [-0.15, -0.1) is 0 Å². The summed E-state index contributed by atoms with van der Waals surface area (Å²) in [5, 5.41) is 3.18. The lowest BCUT2D eigenvalue weighted by Crippen LogP contribution is -2.18. The number of aromatic amines is 1. The van der Waals surface area contributed by atoms with Crippen molar-refractivity contribution in [1.29, 1.82) is 0 Å². The number of H-pyrrole nitrogens is 1. The number of halogens is 1. The Morgan fingerprint density at radius 3 is 2.33 bits per heavy atom. The molecular weight excluding hydrogens is 307 g/mol. The molecule has 0 fully saturated rings. The zero-order valence-corrected chi connectivity index (χ0v) is 14.1. The fourth-order valence-electron chi connectivity index (χ4n) is 2.42. The number of aromatic nitrogens is 2. The zero-order valence-electron chi connectivity index (χ0n) is 14.1. The fraction of sp³-hybridized carbons (Fsp3) is 0.278. The molecule has 0 aliphatic rings. The van der Waals surface area contributed by atoms with Crippen LogP contribution in [0, 0.1) is 5.82 Å². The predicted molar refractivity (Wildman–Crippen MR) is 97.4 cm³/mol. The molecule has 1 aromatic heterocycles. The summed E-state index contributed by atoms with van der Waals surface area (Å²) >= 11 is 0. The molecule has 5 nitrogen and oxygen atoms in total. The van der Waals surface area contributed by atoms with E-state index in [1.165, 1.54) is 12.1 Å². The third-order valence-corrected chi connectivity index (χ3v) is 3.37. The molecule has 0 aliphatic carbocycles. The number of anilines is 2. The van der Waals surface area contributed by atoms with E-state index in [0.717, 1.165) is 29.0 Å². The van der Waals surface area contributed by atoms with Crippen molar-refractivity contribution in [2.75, 3.05) is 11.9 Å². The summed E-state index contributed by atoms with van der Waals surface area (Å²) in [4.78, 5) is 14.8. The Balaban J connectivity index is 0.000000647. The van der Waals surface area contributed by atoms with Gasteiger partial charge >= 0.3 is 5.69 Å². The van der Waals surface area contributed by atoms with Crippen molar-refractivity contribution in [2.45, 2.75) is 26.8 Å². The minimum Gasteiger partial charge on any atom is -0.355 e. The minimum absolute atomic E-state index is 0.0992. The van der Waals surface area contributed by atoms with Crippen LogP contribution in [0.25, 0.3) is 11.0 Å². The first kappa shape index (κ1) is 17.7. The van der Waals surface area contributed by atoms with Crippen molar-refractivity contribution in [3.8, 4) is 0 Å². The molecule has 0 aliphatic heterocycles. The van der Waals surface area contributed by atoms with Crippen LogP contribution in [-0.4, -0.2) is 16.1 Å². The van der Waals surface area contributed by atoms with Crippen LogP contribution in [0.5, 0.6) is 0 Å². The molecule has 2 aromatic carbocycles. The van der Waals surface area contributed by atoms with Crippen molar-refractivity contribution >= 4 is 22.4 Å². The molecule has 0 spiro atoms. The van der Waals surface area contributed by atoms with Gasteiger partial charge in [-0.1, -0.05) is 6.92 Å². The SMILES string of the molecule is CC(C)n1c(=O)[nH]c2cc(Nc3ccc(F)cc3)ccc21.CCN. The van der Waals surface area contributed by atoms with E-state index < -0.39 is 0 Å². The molecule has 0 saturated carbocycles. The van der Waals surface area contributed by atoms with Crippen LogP contribution < -0.4 is 16.7 Å². The second-order valence-electron chi connectivity index (χ2n) is 5.67. The summed E-state index contributed by atoms with van der Waals surface area (Å²) in [6, 6.07) is 11.9. The van der Waals surface area contributed by atoms with Crippen LogP contribution >= 0.6 is 0 Å². The lowest BCUT2D eigenvalue weighted by atomic mass is 10.2. The topological polar surface area (TPSA) is 75.8 Å². The molecule has 0 atom stereocenters. The molecule has 0 bridgehead atoms. The van der Waals surface area contributed by atoms with Gasteiger partial charge in [0.15, 0.2) is 0 Å². The third kappa shape index (κ3) is 4.02. The van der Waals surface area contributed by atoms with Gasteiger partial charge in [0.2, 0.25) is 0 Å². The molecular formula is C18H23FN4O. The zero-order chi connectivity index (χ0) is 17.7. The quantitative estimate of drug-likeness (QED) is 0.684. The highest BCUT2D eigenvalue weighted by Crippen LogP contribution is 2.22. The van der Waals surface area contributed by atoms with E-state index in [1.54, 1.807) is 16.7 Å². The molecule has 4 N–H and O–H groups in total. The number of hydrogen-bond acceptors (Lipinski definition) is 3. The maximum Gasteiger partial charge on any atom is 0.326 e. The second kappa shape index (κ2) is 7.79. The highest BCUT2D eigenvalue weighted by Gasteiger charge is 2.09. The molecule has 3 aromatic rings. The molecule has 0 unspecified atom stereocenters. The van der Waals surface area contributed by atoms with E-state index in [1.807, 2.05) is 39.0 Å². The predicted octanol–water partition coefficient (Wildman–Crippen LogP) is 3.76. The molecule has 6 heteroatoms. The molecule has 0 radical (unpaired) electrons. The number of nitrogens with zero attached hydrogens (tertiary/aromatic N) is 1. The van der Waals surface area contributed by atoms with Gasteiger partial charge in [-0.25, -0.2) is 9.18 Å². The number of nitrogens with one attached hydrogen (secondary N) is 2. The minimum atomic E-state index is -0.269. The van der Waals surface area contributed by atoms with Crippen LogP contribution in [0.3, 0.4) is 0 Å². The third-order valence-electron chi connectivity index (χ3n) is 3.37. The fourth-order valence-corrected chi connectivity index (χ4v) is 2.42. The summed E-state index contributed by atoms with van der Waals surface area (Å²) in [7, 11) is 0. The highest BCUT2D eigenvalue weighted by molar-refractivity contribution is 5.81. The van der Waals surface area contributed by atoms with Gasteiger partial charge in [-0.3, -0.25) is 4.57 Å². The Bertz CT molecular complexity index is 850. The molecule has 24 heavy (non-hydrogen) atoms. The van der Waals surface area contributed by atoms with E-state index in [4.69, 9.17) is 5.73 Å². The van der Waals surface area contributed by atoms with E-state index in [0.29, 0.717) is 0 Å². The van der Waals surface area contributed by atoms with E-state index in [2.05, 4.69) is 10.3 Å². The molecule has 0 saturated heterocycles. The first-order chi connectivity index (χ1) is 11.5. The number of benzene rings is 2. The van der Waals surface area contributed by atoms with Crippen LogP contribution in [-0.2, 0) is 0 Å². The van der Waals surface area contributed by atoms with E-state index in [9.17, 15) is 9.18 Å². The number of imidazole rings is 1. The standard InChI is InChI=1S/C16H16FN3O.C2H7N/c1-10(2)20-15-8-7-13(9-14(15)19-16(20)21)18-12-5-3-11(17)4-6-12;1-2-3/h3-10,18H,1-2H3,(H,19,21);2-3H2,1H3. The van der Waals surface area contributed by atoms with Gasteiger partial charge in [-0.2, -0.15) is 0 Å². The summed E-state index contributed by atoms with van der Waals surface area (Å²) in [5.74, 6) is -0.269. The van der Waals surface area contributed by atoms with Crippen molar-refractivity contribution in [2.24, 2.45) is 5.73 Å². The van der Waals surface area contributed by atoms with Gasteiger partial charge in [0, 0.05) is 17.4 Å². The number of nitrogens with two attached hydrogens (primary N) is 1. The summed E-state index contributed by atoms with van der Waals surface area (Å²) in [6.45, 7) is 6.60. The highest BCUT2D eigenvalue weighted by atomic mass is 19.1. The first-order valence-electron chi connectivity index (χ1n) is 7.93. The number of fused-ring (bicyclic) bond motifs is 1. The maximum absolute atomic E-state index is 12.9. The summed E-state index contributed by atoms with van der Waals surface area (Å²) < 4.78 is 14.6. The Morgan fingerprint density at radius 1 is 1.17 bits per heavy atom. The Hall–Kier alpha value is -2.60. The average Bonchev–Trinajstić information content (AvgIpc) is 2.85. The van der Waals surface area contributed by atoms with Crippen LogP contribution in [0.2, 0.25) is 0 Å². The van der Waals surface area contributed by atoms with Crippen molar-refractivity contribution < 1.29 is 4.39 Å². The first-order valence-corrected chi connectivity index (χ1v) is 7.93. The normalized spacial score (nSPS) is 10.6. The van der Waals surface area contributed by atoms with Gasteiger partial charge < -0.3 is 16.0 Å². The second-order valence-corrected chi connectivity index (χ2v) is 5.67. The lowest BCUT2D eigenvalue weighted by Gasteiger charge is -2.09. The van der Waals surface area contributed by atoms with Gasteiger partial charge in [0.05, 0.1) is 11.0 Å². The van der Waals surface area contributed by atoms with Crippen molar-refractivity contribution in [1.82, 2.24) is 9.55 Å². The Kier molecular flexibility index (Phi) is 5.76. The van der Waals surface area contributed by atoms with Gasteiger partial charge in [0.25, 0.3) is 0 Å². The van der Waals surface area contributed by atoms with Crippen LogP contribution in [0.15, 0.2) is 47.3 Å². The molecule has 1 heterocycles. The smallest absolute Gasteiger partial charge is 0.326 e. The van der Waals surface area contributed by atoms with Crippen LogP contribution in [0.4, 0.5) is 15.8 Å². The van der Waals surface area contributed by atoms with Crippen molar-refractivity contribution in [3.63, 3.8) is 0 Å². The maximum atomic E-state index is 12.9. The Morgan fingerprint density at radius 2 is 1.75 bits per heavy atom. The monoisotopic (exact) mass is 330 g/mol. The summed E-state index contributed by atoms with van der Waals surface area (Å²) in [5.41, 5.74) is 8.02. The van der Waals surface area contributed by atoms with Crippen LogP contribution in [0.1, 0.15) is 26.8 Å². The van der Waals surface area contributed by atoms with Gasteiger partial charge in [-0.05, 0) is 62.9 Å². The Labute approximate surface area is 140 Å². The van der Waals surface area contributed by atoms with Gasteiger partial charge in [0.1, 0.15) is 5.82 Å². The molecule has 3 rings (SSSR count). The lowest BCUT2D eigenvalue weighted by molar-refractivity contribution is 0.598. The van der Waals surface area contributed by atoms with E-state index >= 15 is 0 Å². The van der Waals surface area contributed by atoms with Crippen molar-refractivity contribution in [3.05, 3.63) is 58.8 Å². The average molecular weight is 330 g/mol. The number of hydrogen-bond donors (Lipinski definition) is 3. The number of rotatable bonds is 3. The molecule has 0 amide bonds. The summed E-state index contributed by atoms with van der Waals surface area (Å²) in [6.07, 6.45) is 0.